The van der Waals surface area contributed by atoms with Crippen LogP contribution in [0.3, 0.4) is 0 Å². The highest BCUT2D eigenvalue weighted by atomic mass is 16.6. The molecule has 1 amide bonds. The number of fused-ring (bicyclic) bond motifs is 1. The zero-order chi connectivity index (χ0) is 19.2. The Morgan fingerprint density at radius 2 is 1.85 bits per heavy atom. The average molecular weight is 367 g/mol. The van der Waals surface area contributed by atoms with Gasteiger partial charge in [0.25, 0.3) is 11.2 Å². The number of anilines is 1. The van der Waals surface area contributed by atoms with Gasteiger partial charge in [0, 0.05) is 24.5 Å². The van der Waals surface area contributed by atoms with E-state index in [9.17, 15) is 19.7 Å². The predicted molar refractivity (Wildman–Crippen MR) is 101 cm³/mol. The molecule has 3 aromatic rings. The highest BCUT2D eigenvalue weighted by Gasteiger charge is 2.12. The highest BCUT2D eigenvalue weighted by Crippen LogP contribution is 2.22. The summed E-state index contributed by atoms with van der Waals surface area (Å²) >= 11 is 0. The van der Waals surface area contributed by atoms with E-state index < -0.39 is 4.92 Å². The second-order valence-electron chi connectivity index (χ2n) is 5.75. The average Bonchev–Trinajstić information content (AvgIpc) is 2.68. The van der Waals surface area contributed by atoms with Crippen LogP contribution in [-0.4, -0.2) is 33.7 Å². The molecule has 0 unspecified atom stereocenters. The fraction of sp³-hybridized carbons (Fsp3) is 0.167. The number of nitrogens with zero attached hydrogens (tertiary/aromatic N) is 3. The molecule has 0 spiro atoms. The number of amides is 1. The lowest BCUT2D eigenvalue weighted by Crippen LogP contribution is -2.35. The molecule has 0 aliphatic carbocycles. The van der Waals surface area contributed by atoms with E-state index in [4.69, 9.17) is 0 Å². The predicted octanol–water partition coefficient (Wildman–Crippen LogP) is 1.53. The summed E-state index contributed by atoms with van der Waals surface area (Å²) in [6, 6.07) is 13.3. The zero-order valence-corrected chi connectivity index (χ0v) is 14.3. The molecule has 1 aromatic heterocycles. The number of aromatic nitrogens is 2. The fourth-order valence-electron chi connectivity index (χ4n) is 2.61. The Labute approximate surface area is 153 Å². The Balaban J connectivity index is 1.54. The van der Waals surface area contributed by atoms with Gasteiger partial charge in [-0.3, -0.25) is 19.7 Å². The standard InChI is InChI=1S/C18H17N5O4/c24-17(12-22-18(25)14-6-2-1-5-13(14)11-21-22)20-10-9-19-15-7-3-4-8-16(15)23(26)27/h1-8,11,19H,9-10,12H2,(H,20,24). The minimum Gasteiger partial charge on any atom is -0.378 e. The van der Waals surface area contributed by atoms with Gasteiger partial charge in [0.1, 0.15) is 12.2 Å². The van der Waals surface area contributed by atoms with Gasteiger partial charge in [-0.25, -0.2) is 4.68 Å². The molecular weight excluding hydrogens is 350 g/mol. The molecule has 3 rings (SSSR count). The van der Waals surface area contributed by atoms with Crippen LogP contribution in [0.5, 0.6) is 0 Å². The molecule has 138 valence electrons. The molecule has 2 N–H and O–H groups in total. The minimum atomic E-state index is -0.473. The Bertz CT molecular complexity index is 1050. The normalized spacial score (nSPS) is 10.5. The van der Waals surface area contributed by atoms with Crippen molar-refractivity contribution in [3.63, 3.8) is 0 Å². The maximum atomic E-state index is 12.3. The Morgan fingerprint density at radius 3 is 2.67 bits per heavy atom. The maximum Gasteiger partial charge on any atom is 0.292 e. The fourth-order valence-corrected chi connectivity index (χ4v) is 2.61. The Hall–Kier alpha value is -3.75. The Kier molecular flexibility index (Phi) is 5.41. The van der Waals surface area contributed by atoms with Crippen LogP contribution in [0, 0.1) is 10.1 Å². The van der Waals surface area contributed by atoms with E-state index in [0.29, 0.717) is 23.0 Å². The number of hydrogen-bond donors (Lipinski definition) is 2. The van der Waals surface area contributed by atoms with E-state index in [1.54, 1.807) is 42.6 Å². The van der Waals surface area contributed by atoms with Crippen LogP contribution in [-0.2, 0) is 11.3 Å². The van der Waals surface area contributed by atoms with Crippen LogP contribution < -0.4 is 16.2 Å². The third-order valence-electron chi connectivity index (χ3n) is 3.92. The molecule has 0 saturated heterocycles. The van der Waals surface area contributed by atoms with E-state index in [0.717, 1.165) is 4.68 Å². The molecular formula is C18H17N5O4. The maximum absolute atomic E-state index is 12.3. The van der Waals surface area contributed by atoms with E-state index in [1.807, 2.05) is 6.07 Å². The summed E-state index contributed by atoms with van der Waals surface area (Å²) in [5.41, 5.74) is 0.0150. The quantitative estimate of drug-likeness (QED) is 0.371. The van der Waals surface area contributed by atoms with Gasteiger partial charge < -0.3 is 10.6 Å². The third-order valence-corrected chi connectivity index (χ3v) is 3.92. The summed E-state index contributed by atoms with van der Waals surface area (Å²) in [4.78, 5) is 34.8. The second-order valence-corrected chi connectivity index (χ2v) is 5.75. The summed E-state index contributed by atoms with van der Waals surface area (Å²) in [5, 5.41) is 21.7. The van der Waals surface area contributed by atoms with E-state index in [2.05, 4.69) is 15.7 Å². The largest absolute Gasteiger partial charge is 0.378 e. The topological polar surface area (TPSA) is 119 Å². The van der Waals surface area contributed by atoms with Crippen LogP contribution in [0.1, 0.15) is 0 Å². The lowest BCUT2D eigenvalue weighted by Gasteiger charge is -2.09. The number of carbonyl (C=O) groups excluding carboxylic acids is 1. The molecule has 2 aromatic carbocycles. The first-order chi connectivity index (χ1) is 13.1. The van der Waals surface area contributed by atoms with Crippen molar-refractivity contribution in [1.82, 2.24) is 15.1 Å². The van der Waals surface area contributed by atoms with Crippen LogP contribution in [0.15, 0.2) is 59.5 Å². The van der Waals surface area contributed by atoms with Gasteiger partial charge in [-0.1, -0.05) is 30.3 Å². The van der Waals surface area contributed by atoms with Gasteiger partial charge in [-0.15, -0.1) is 0 Å². The molecule has 0 radical (unpaired) electrons. The monoisotopic (exact) mass is 367 g/mol. The van der Waals surface area contributed by atoms with Gasteiger partial charge in [-0.05, 0) is 12.1 Å². The van der Waals surface area contributed by atoms with Crippen LogP contribution in [0.4, 0.5) is 11.4 Å². The van der Waals surface area contributed by atoms with E-state index in [-0.39, 0.29) is 30.2 Å². The number of rotatable bonds is 7. The van der Waals surface area contributed by atoms with Crippen LogP contribution >= 0.6 is 0 Å². The summed E-state index contributed by atoms with van der Waals surface area (Å²) in [7, 11) is 0. The Morgan fingerprint density at radius 1 is 1.11 bits per heavy atom. The number of nitro groups is 1. The second kappa shape index (κ2) is 8.09. The van der Waals surface area contributed by atoms with Gasteiger partial charge in [0.05, 0.1) is 16.5 Å². The SMILES string of the molecule is O=C(Cn1ncc2ccccc2c1=O)NCCNc1ccccc1[N+](=O)[O-]. The van der Waals surface area contributed by atoms with Crippen molar-refractivity contribution >= 4 is 28.1 Å². The van der Waals surface area contributed by atoms with Crippen molar-refractivity contribution in [3.8, 4) is 0 Å². The first kappa shape index (κ1) is 18.1. The molecule has 0 bridgehead atoms. The van der Waals surface area contributed by atoms with Gasteiger partial charge in [0.2, 0.25) is 5.91 Å². The van der Waals surface area contributed by atoms with Crippen molar-refractivity contribution in [2.75, 3.05) is 18.4 Å². The number of benzene rings is 2. The molecule has 9 heteroatoms. The van der Waals surface area contributed by atoms with E-state index in [1.165, 1.54) is 6.07 Å². The number of hydrogen-bond acceptors (Lipinski definition) is 6. The molecule has 0 aliphatic rings. The van der Waals surface area contributed by atoms with Gasteiger partial charge >= 0.3 is 0 Å². The summed E-state index contributed by atoms with van der Waals surface area (Å²) in [6.07, 6.45) is 1.54. The summed E-state index contributed by atoms with van der Waals surface area (Å²) in [6.45, 7) is 0.346. The molecule has 9 nitrogen and oxygen atoms in total. The van der Waals surface area contributed by atoms with Crippen molar-refractivity contribution in [1.29, 1.82) is 0 Å². The third kappa shape index (κ3) is 4.27. The molecule has 0 fully saturated rings. The first-order valence-corrected chi connectivity index (χ1v) is 8.25. The number of nitro benzene ring substituents is 1. The van der Waals surface area contributed by atoms with Crippen molar-refractivity contribution in [2.45, 2.75) is 6.54 Å². The lowest BCUT2D eigenvalue weighted by atomic mass is 10.2. The van der Waals surface area contributed by atoms with Gasteiger partial charge in [-0.2, -0.15) is 5.10 Å². The van der Waals surface area contributed by atoms with Gasteiger partial charge in [0.15, 0.2) is 0 Å². The number of carbonyl (C=O) groups is 1. The van der Waals surface area contributed by atoms with Crippen molar-refractivity contribution < 1.29 is 9.72 Å². The molecule has 0 atom stereocenters. The molecule has 0 saturated carbocycles. The van der Waals surface area contributed by atoms with Crippen molar-refractivity contribution in [2.24, 2.45) is 0 Å². The number of nitrogens with one attached hydrogen (secondary N) is 2. The van der Waals surface area contributed by atoms with E-state index >= 15 is 0 Å². The first-order valence-electron chi connectivity index (χ1n) is 8.25. The smallest absolute Gasteiger partial charge is 0.292 e. The minimum absolute atomic E-state index is 0.0317. The highest BCUT2D eigenvalue weighted by molar-refractivity contribution is 5.81. The summed E-state index contributed by atoms with van der Waals surface area (Å²) in [5.74, 6) is -0.371. The summed E-state index contributed by atoms with van der Waals surface area (Å²) < 4.78 is 1.10. The van der Waals surface area contributed by atoms with Crippen LogP contribution in [0.2, 0.25) is 0 Å². The molecule has 1 heterocycles. The van der Waals surface area contributed by atoms with Crippen molar-refractivity contribution in [3.05, 3.63) is 75.2 Å². The van der Waals surface area contributed by atoms with Crippen LogP contribution in [0.25, 0.3) is 10.8 Å². The molecule has 27 heavy (non-hydrogen) atoms. The molecule has 0 aliphatic heterocycles. The zero-order valence-electron chi connectivity index (χ0n) is 14.3. The lowest BCUT2D eigenvalue weighted by molar-refractivity contribution is -0.384. The number of para-hydroxylation sites is 2.